The minimum atomic E-state index is -0.0603. The summed E-state index contributed by atoms with van der Waals surface area (Å²) in [7, 11) is 0. The van der Waals surface area contributed by atoms with Gasteiger partial charge in [-0.25, -0.2) is 4.79 Å². The van der Waals surface area contributed by atoms with Gasteiger partial charge in [0.15, 0.2) is 0 Å². The predicted molar refractivity (Wildman–Crippen MR) is 123 cm³/mol. The first-order chi connectivity index (χ1) is 15.6. The lowest BCUT2D eigenvalue weighted by atomic mass is 10.0. The number of rotatable bonds is 9. The third-order valence-corrected chi connectivity index (χ3v) is 5.74. The number of piperidine rings is 1. The Hall–Kier alpha value is -3.26. The van der Waals surface area contributed by atoms with Crippen LogP contribution in [0.4, 0.5) is 0 Å². The molecule has 1 amide bonds. The van der Waals surface area contributed by atoms with Gasteiger partial charge in [-0.05, 0) is 56.2 Å². The molecule has 1 aliphatic heterocycles. The van der Waals surface area contributed by atoms with Crippen molar-refractivity contribution in [3.63, 3.8) is 0 Å². The standard InChI is InChI=1S/C24H30N4O4/c1-2-31-19-7-9-20(10-8-19)32-16-13-25-23(29)17-27-14-11-18(12-15-27)28-22-6-4-3-5-21(22)26-24(28)30/h3-10,18H,2,11-17H2,1H3,(H,25,29)(H,26,30). The van der Waals surface area contributed by atoms with Crippen molar-refractivity contribution in [2.75, 3.05) is 39.4 Å². The van der Waals surface area contributed by atoms with E-state index >= 15 is 0 Å². The first-order valence-electron chi connectivity index (χ1n) is 11.2. The molecule has 3 aromatic rings. The fourth-order valence-electron chi connectivity index (χ4n) is 4.19. The van der Waals surface area contributed by atoms with Crippen molar-refractivity contribution in [1.82, 2.24) is 19.8 Å². The highest BCUT2D eigenvalue weighted by Crippen LogP contribution is 2.24. The van der Waals surface area contributed by atoms with E-state index in [2.05, 4.69) is 15.2 Å². The third kappa shape index (κ3) is 5.31. The van der Waals surface area contributed by atoms with Crippen molar-refractivity contribution in [2.45, 2.75) is 25.8 Å². The molecule has 1 aromatic heterocycles. The number of carbonyl (C=O) groups excluding carboxylic acids is 1. The minimum Gasteiger partial charge on any atom is -0.494 e. The Morgan fingerprint density at radius 1 is 1.06 bits per heavy atom. The first kappa shape index (κ1) is 22.0. The zero-order valence-corrected chi connectivity index (χ0v) is 18.4. The number of nitrogens with one attached hydrogen (secondary N) is 2. The van der Waals surface area contributed by atoms with E-state index in [1.807, 2.05) is 60.0 Å². The van der Waals surface area contributed by atoms with Crippen LogP contribution in [0.15, 0.2) is 53.3 Å². The zero-order chi connectivity index (χ0) is 22.3. The summed E-state index contributed by atoms with van der Waals surface area (Å²) in [6.07, 6.45) is 1.69. The molecule has 32 heavy (non-hydrogen) atoms. The summed E-state index contributed by atoms with van der Waals surface area (Å²) in [5.74, 6) is 1.55. The van der Waals surface area contributed by atoms with Gasteiger partial charge in [-0.3, -0.25) is 14.3 Å². The number of ether oxygens (including phenoxy) is 2. The molecule has 4 rings (SSSR count). The number of likely N-dealkylation sites (tertiary alicyclic amines) is 1. The molecule has 1 aliphatic rings. The Bertz CT molecular complexity index is 1080. The Kier molecular flexibility index (Phi) is 7.11. The molecule has 0 aliphatic carbocycles. The van der Waals surface area contributed by atoms with Gasteiger partial charge in [0.05, 0.1) is 30.7 Å². The number of aromatic nitrogens is 2. The molecule has 0 atom stereocenters. The molecular formula is C24H30N4O4. The van der Waals surface area contributed by atoms with Crippen LogP contribution in [-0.2, 0) is 4.79 Å². The number of H-pyrrole nitrogens is 1. The highest BCUT2D eigenvalue weighted by atomic mass is 16.5. The monoisotopic (exact) mass is 438 g/mol. The summed E-state index contributed by atoms with van der Waals surface area (Å²) in [6.45, 7) is 5.36. The van der Waals surface area contributed by atoms with Crippen LogP contribution in [-0.4, -0.2) is 59.8 Å². The summed E-state index contributed by atoms with van der Waals surface area (Å²) in [5.41, 5.74) is 1.75. The molecule has 0 spiro atoms. The highest BCUT2D eigenvalue weighted by molar-refractivity contribution is 5.78. The SMILES string of the molecule is CCOc1ccc(OCCNC(=O)CN2CCC(n3c(=O)[nH]c4ccccc43)CC2)cc1. The topological polar surface area (TPSA) is 88.6 Å². The quantitative estimate of drug-likeness (QED) is 0.502. The average Bonchev–Trinajstić information content (AvgIpc) is 3.14. The van der Waals surface area contributed by atoms with Gasteiger partial charge >= 0.3 is 5.69 Å². The van der Waals surface area contributed by atoms with Crippen LogP contribution in [0.3, 0.4) is 0 Å². The summed E-state index contributed by atoms with van der Waals surface area (Å²) in [4.78, 5) is 29.8. The number of fused-ring (bicyclic) bond motifs is 1. The first-order valence-corrected chi connectivity index (χ1v) is 11.2. The van der Waals surface area contributed by atoms with Crippen LogP contribution in [0.1, 0.15) is 25.8 Å². The number of imidazole rings is 1. The highest BCUT2D eigenvalue weighted by Gasteiger charge is 2.24. The predicted octanol–water partition coefficient (Wildman–Crippen LogP) is 2.56. The normalized spacial score (nSPS) is 15.0. The van der Waals surface area contributed by atoms with Crippen molar-refractivity contribution in [3.8, 4) is 11.5 Å². The summed E-state index contributed by atoms with van der Waals surface area (Å²) >= 11 is 0. The molecular weight excluding hydrogens is 408 g/mol. The molecule has 1 saturated heterocycles. The second-order valence-electron chi connectivity index (χ2n) is 7.93. The van der Waals surface area contributed by atoms with Gasteiger partial charge in [-0.1, -0.05) is 12.1 Å². The largest absolute Gasteiger partial charge is 0.494 e. The summed E-state index contributed by atoms with van der Waals surface area (Å²) in [5, 5.41) is 2.91. The Morgan fingerprint density at radius 3 is 2.47 bits per heavy atom. The van der Waals surface area contributed by atoms with Gasteiger partial charge in [0.25, 0.3) is 0 Å². The maximum atomic E-state index is 12.4. The maximum absolute atomic E-state index is 12.4. The average molecular weight is 439 g/mol. The lowest BCUT2D eigenvalue weighted by Gasteiger charge is -2.32. The number of benzene rings is 2. The van der Waals surface area contributed by atoms with E-state index < -0.39 is 0 Å². The van der Waals surface area contributed by atoms with Crippen molar-refractivity contribution >= 4 is 16.9 Å². The Morgan fingerprint density at radius 2 is 1.75 bits per heavy atom. The molecule has 1 fully saturated rings. The fraction of sp³-hybridized carbons (Fsp3) is 0.417. The van der Waals surface area contributed by atoms with E-state index in [1.165, 1.54) is 0 Å². The van der Waals surface area contributed by atoms with Crippen LogP contribution in [0.25, 0.3) is 11.0 Å². The van der Waals surface area contributed by atoms with Gasteiger partial charge < -0.3 is 19.8 Å². The minimum absolute atomic E-state index is 0.0111. The summed E-state index contributed by atoms with van der Waals surface area (Å²) < 4.78 is 12.9. The van der Waals surface area contributed by atoms with Crippen molar-refractivity contribution in [3.05, 3.63) is 59.0 Å². The summed E-state index contributed by atoms with van der Waals surface area (Å²) in [6, 6.07) is 15.4. The number of para-hydroxylation sites is 2. The second-order valence-corrected chi connectivity index (χ2v) is 7.93. The van der Waals surface area contributed by atoms with Crippen molar-refractivity contribution in [1.29, 1.82) is 0 Å². The van der Waals surface area contributed by atoms with Crippen molar-refractivity contribution < 1.29 is 14.3 Å². The lowest BCUT2D eigenvalue weighted by Crippen LogP contribution is -2.43. The zero-order valence-electron chi connectivity index (χ0n) is 18.4. The van der Waals surface area contributed by atoms with Gasteiger partial charge in [0, 0.05) is 19.1 Å². The van der Waals surface area contributed by atoms with Crippen LogP contribution < -0.4 is 20.5 Å². The third-order valence-electron chi connectivity index (χ3n) is 5.74. The van der Waals surface area contributed by atoms with Crippen LogP contribution in [0, 0.1) is 0 Å². The smallest absolute Gasteiger partial charge is 0.326 e. The molecule has 0 unspecified atom stereocenters. The van der Waals surface area contributed by atoms with E-state index in [0.29, 0.717) is 26.3 Å². The van der Waals surface area contributed by atoms with Crippen LogP contribution in [0.5, 0.6) is 11.5 Å². The molecule has 2 aromatic carbocycles. The second kappa shape index (κ2) is 10.4. The van der Waals surface area contributed by atoms with Gasteiger partial charge in [-0.15, -0.1) is 0 Å². The molecule has 0 radical (unpaired) electrons. The number of aromatic amines is 1. The Balaban J connectivity index is 1.18. The van der Waals surface area contributed by atoms with Crippen molar-refractivity contribution in [2.24, 2.45) is 0 Å². The molecule has 8 heteroatoms. The molecule has 8 nitrogen and oxygen atoms in total. The van der Waals surface area contributed by atoms with E-state index in [1.54, 1.807) is 0 Å². The van der Waals surface area contributed by atoms with Gasteiger partial charge in [0.2, 0.25) is 5.91 Å². The Labute approximate surface area is 187 Å². The number of nitrogens with zero attached hydrogens (tertiary/aromatic N) is 2. The molecule has 170 valence electrons. The number of hydrogen-bond donors (Lipinski definition) is 2. The van der Waals surface area contributed by atoms with Crippen LogP contribution in [0.2, 0.25) is 0 Å². The van der Waals surface area contributed by atoms with E-state index in [0.717, 1.165) is 48.5 Å². The van der Waals surface area contributed by atoms with E-state index in [-0.39, 0.29) is 17.6 Å². The van der Waals surface area contributed by atoms with Crippen LogP contribution >= 0.6 is 0 Å². The maximum Gasteiger partial charge on any atom is 0.326 e. The van der Waals surface area contributed by atoms with E-state index in [9.17, 15) is 9.59 Å². The molecule has 2 N–H and O–H groups in total. The molecule has 2 heterocycles. The fourth-order valence-corrected chi connectivity index (χ4v) is 4.19. The molecule has 0 bridgehead atoms. The number of amides is 1. The van der Waals surface area contributed by atoms with Gasteiger partial charge in [0.1, 0.15) is 18.1 Å². The number of carbonyl (C=O) groups is 1. The van der Waals surface area contributed by atoms with E-state index in [4.69, 9.17) is 9.47 Å². The molecule has 0 saturated carbocycles. The van der Waals surface area contributed by atoms with Gasteiger partial charge in [-0.2, -0.15) is 0 Å². The number of hydrogen-bond acceptors (Lipinski definition) is 5. The lowest BCUT2D eigenvalue weighted by molar-refractivity contribution is -0.122.